The van der Waals surface area contributed by atoms with E-state index in [0.717, 1.165) is 22.9 Å². The predicted molar refractivity (Wildman–Crippen MR) is 91.5 cm³/mol. The number of rotatable bonds is 3. The van der Waals surface area contributed by atoms with Crippen molar-refractivity contribution in [3.8, 4) is 0 Å². The van der Waals surface area contributed by atoms with Crippen LogP contribution in [0.4, 0.5) is 0 Å². The second-order valence-corrected chi connectivity index (χ2v) is 10.0. The topological polar surface area (TPSA) is 83.6 Å². The van der Waals surface area contributed by atoms with Gasteiger partial charge in [-0.25, -0.2) is 8.42 Å². The number of benzene rings is 1. The summed E-state index contributed by atoms with van der Waals surface area (Å²) in [5, 5.41) is 2.70. The number of hydrogen-bond acceptors (Lipinski definition) is 4. The fraction of sp³-hybridized carbons (Fsp3) is 0.500. The molecule has 8 heteroatoms. The second-order valence-electron chi connectivity index (χ2n) is 6.97. The molecule has 3 aliphatic rings. The first-order valence-electron chi connectivity index (χ1n) is 7.87. The number of amides is 2. The molecule has 6 nitrogen and oxygen atoms in total. The molecule has 128 valence electrons. The Bertz CT molecular complexity index is 836. The van der Waals surface area contributed by atoms with Crippen molar-refractivity contribution in [1.82, 2.24) is 10.2 Å². The van der Waals surface area contributed by atoms with E-state index in [4.69, 9.17) is 0 Å². The van der Waals surface area contributed by atoms with Crippen LogP contribution in [0.5, 0.6) is 0 Å². The number of nitrogens with one attached hydrogen (secondary N) is 1. The number of nitrogens with zero attached hydrogens (tertiary/aromatic N) is 1. The SMILES string of the molecule is O=C(CN1CC2(CC2)c2cc(Br)ccc2C1=O)NC1CS(=O)(=O)C1. The van der Waals surface area contributed by atoms with E-state index in [9.17, 15) is 18.0 Å². The van der Waals surface area contributed by atoms with E-state index in [-0.39, 0.29) is 41.3 Å². The third-order valence-corrected chi connectivity index (χ3v) is 7.34. The zero-order chi connectivity index (χ0) is 17.1. The first-order valence-corrected chi connectivity index (χ1v) is 10.5. The number of halogens is 1. The third kappa shape index (κ3) is 2.75. The standard InChI is InChI=1S/C16H17BrN2O4S/c17-10-1-2-12-13(5-10)16(3-4-16)9-19(15(12)21)6-14(20)18-11-7-24(22,23)8-11/h1-2,5,11H,3-4,6-9H2,(H,18,20). The van der Waals surface area contributed by atoms with E-state index < -0.39 is 9.84 Å². The van der Waals surface area contributed by atoms with Crippen molar-refractivity contribution in [3.05, 3.63) is 33.8 Å². The van der Waals surface area contributed by atoms with Gasteiger partial charge in [-0.1, -0.05) is 15.9 Å². The molecule has 0 atom stereocenters. The monoisotopic (exact) mass is 412 g/mol. The highest BCUT2D eigenvalue weighted by Gasteiger charge is 2.51. The van der Waals surface area contributed by atoms with Crippen molar-refractivity contribution in [1.29, 1.82) is 0 Å². The molecule has 2 fully saturated rings. The molecule has 1 N–H and O–H groups in total. The number of hydrogen-bond donors (Lipinski definition) is 1. The van der Waals surface area contributed by atoms with E-state index in [1.54, 1.807) is 4.90 Å². The number of carbonyl (C=O) groups is 2. The minimum Gasteiger partial charge on any atom is -0.350 e. The van der Waals surface area contributed by atoms with Crippen molar-refractivity contribution >= 4 is 37.6 Å². The van der Waals surface area contributed by atoms with Gasteiger partial charge in [-0.3, -0.25) is 9.59 Å². The van der Waals surface area contributed by atoms with E-state index in [1.807, 2.05) is 18.2 Å². The van der Waals surface area contributed by atoms with Crippen LogP contribution >= 0.6 is 15.9 Å². The summed E-state index contributed by atoms with van der Waals surface area (Å²) in [7, 11) is -2.97. The smallest absolute Gasteiger partial charge is 0.254 e. The van der Waals surface area contributed by atoms with Crippen molar-refractivity contribution in [3.63, 3.8) is 0 Å². The van der Waals surface area contributed by atoms with Crippen LogP contribution in [0.15, 0.2) is 22.7 Å². The average molecular weight is 413 g/mol. The maximum absolute atomic E-state index is 12.7. The highest BCUT2D eigenvalue weighted by Crippen LogP contribution is 2.52. The summed E-state index contributed by atoms with van der Waals surface area (Å²) < 4.78 is 23.3. The molecule has 2 aliphatic heterocycles. The molecule has 0 unspecified atom stereocenters. The van der Waals surface area contributed by atoms with Gasteiger partial charge in [0.15, 0.2) is 9.84 Å². The Balaban J connectivity index is 1.48. The van der Waals surface area contributed by atoms with Crippen LogP contribution in [0.25, 0.3) is 0 Å². The maximum Gasteiger partial charge on any atom is 0.254 e. The largest absolute Gasteiger partial charge is 0.350 e. The predicted octanol–water partition coefficient (Wildman–Crippen LogP) is 0.850. The van der Waals surface area contributed by atoms with Gasteiger partial charge in [0.2, 0.25) is 5.91 Å². The molecule has 1 aromatic rings. The van der Waals surface area contributed by atoms with Crippen LogP contribution < -0.4 is 5.32 Å². The first-order chi connectivity index (χ1) is 11.3. The first kappa shape index (κ1) is 16.1. The molecule has 0 bridgehead atoms. The fourth-order valence-corrected chi connectivity index (χ4v) is 5.29. The lowest BCUT2D eigenvalue weighted by atomic mass is 9.86. The summed E-state index contributed by atoms with van der Waals surface area (Å²) in [6.45, 7) is 0.526. The highest BCUT2D eigenvalue weighted by molar-refractivity contribution is 9.10. The summed E-state index contributed by atoms with van der Waals surface area (Å²) in [5.74, 6) is -0.438. The van der Waals surface area contributed by atoms with E-state index >= 15 is 0 Å². The number of fused-ring (bicyclic) bond motifs is 2. The van der Waals surface area contributed by atoms with Crippen molar-refractivity contribution < 1.29 is 18.0 Å². The summed E-state index contributed by atoms with van der Waals surface area (Å²) in [6.07, 6.45) is 2.03. The van der Waals surface area contributed by atoms with Gasteiger partial charge in [0, 0.05) is 22.0 Å². The van der Waals surface area contributed by atoms with Crippen LogP contribution in [-0.2, 0) is 20.0 Å². The lowest BCUT2D eigenvalue weighted by Gasteiger charge is -2.35. The average Bonchev–Trinajstić information content (AvgIpc) is 3.23. The van der Waals surface area contributed by atoms with Crippen LogP contribution in [0, 0.1) is 0 Å². The Kier molecular flexibility index (Phi) is 3.55. The van der Waals surface area contributed by atoms with Gasteiger partial charge in [-0.05, 0) is 36.6 Å². The van der Waals surface area contributed by atoms with Crippen LogP contribution in [0.1, 0.15) is 28.8 Å². The molecule has 0 aromatic heterocycles. The Morgan fingerprint density at radius 2 is 2.04 bits per heavy atom. The molecule has 4 rings (SSSR count). The van der Waals surface area contributed by atoms with Gasteiger partial charge in [0.05, 0.1) is 24.1 Å². The van der Waals surface area contributed by atoms with E-state index in [0.29, 0.717) is 12.1 Å². The summed E-state index contributed by atoms with van der Waals surface area (Å²) in [6, 6.07) is 5.34. The molecule has 0 radical (unpaired) electrons. The van der Waals surface area contributed by atoms with Crippen LogP contribution in [0.2, 0.25) is 0 Å². The molecule has 2 heterocycles. The number of carbonyl (C=O) groups excluding carboxylic acids is 2. The van der Waals surface area contributed by atoms with Gasteiger partial charge in [-0.15, -0.1) is 0 Å². The Labute approximate surface area is 148 Å². The minimum absolute atomic E-state index is 0.00646. The Morgan fingerprint density at radius 1 is 1.33 bits per heavy atom. The highest BCUT2D eigenvalue weighted by atomic mass is 79.9. The van der Waals surface area contributed by atoms with E-state index in [2.05, 4.69) is 21.2 Å². The summed E-state index contributed by atoms with van der Waals surface area (Å²) in [5.41, 5.74) is 1.72. The van der Waals surface area contributed by atoms with Crippen LogP contribution in [-0.4, -0.2) is 55.8 Å². The third-order valence-electron chi connectivity index (χ3n) is 5.03. The Morgan fingerprint density at radius 3 is 2.67 bits per heavy atom. The van der Waals surface area contributed by atoms with Gasteiger partial charge in [0.1, 0.15) is 0 Å². The molecular formula is C16H17BrN2O4S. The van der Waals surface area contributed by atoms with Gasteiger partial charge in [0.25, 0.3) is 5.91 Å². The maximum atomic E-state index is 12.7. The zero-order valence-electron chi connectivity index (χ0n) is 12.9. The minimum atomic E-state index is -2.97. The van der Waals surface area contributed by atoms with Gasteiger partial charge >= 0.3 is 0 Å². The van der Waals surface area contributed by atoms with Crippen LogP contribution in [0.3, 0.4) is 0 Å². The second kappa shape index (κ2) is 5.29. The molecule has 1 saturated carbocycles. The fourth-order valence-electron chi connectivity index (χ4n) is 3.63. The molecule has 2 amide bonds. The number of sulfone groups is 1. The normalized spacial score (nSPS) is 23.5. The summed E-state index contributed by atoms with van der Waals surface area (Å²) >= 11 is 3.46. The van der Waals surface area contributed by atoms with Crippen molar-refractivity contribution in [2.45, 2.75) is 24.3 Å². The quantitative estimate of drug-likeness (QED) is 0.797. The zero-order valence-corrected chi connectivity index (χ0v) is 15.3. The van der Waals surface area contributed by atoms with Gasteiger partial charge < -0.3 is 10.2 Å². The lowest BCUT2D eigenvalue weighted by molar-refractivity contribution is -0.122. The van der Waals surface area contributed by atoms with Crippen molar-refractivity contribution in [2.75, 3.05) is 24.6 Å². The van der Waals surface area contributed by atoms with Gasteiger partial charge in [-0.2, -0.15) is 0 Å². The molecule has 1 aromatic carbocycles. The lowest BCUT2D eigenvalue weighted by Crippen LogP contribution is -2.56. The Hall–Kier alpha value is -1.41. The molecule has 1 saturated heterocycles. The van der Waals surface area contributed by atoms with Crippen molar-refractivity contribution in [2.24, 2.45) is 0 Å². The molecule has 1 aliphatic carbocycles. The molecule has 1 spiro atoms. The van der Waals surface area contributed by atoms with E-state index in [1.165, 1.54) is 0 Å². The molecule has 24 heavy (non-hydrogen) atoms. The molecular weight excluding hydrogens is 396 g/mol. The summed E-state index contributed by atoms with van der Waals surface area (Å²) in [4.78, 5) is 26.4.